The van der Waals surface area contributed by atoms with Crippen molar-refractivity contribution >= 4 is 27.4 Å². The zero-order valence-corrected chi connectivity index (χ0v) is 12.9. The van der Waals surface area contributed by atoms with Crippen molar-refractivity contribution in [1.82, 2.24) is 4.72 Å². The van der Waals surface area contributed by atoms with Gasteiger partial charge in [0.1, 0.15) is 5.78 Å². The summed E-state index contributed by atoms with van der Waals surface area (Å²) in [5, 5.41) is 0. The minimum absolute atomic E-state index is 0.0519. The van der Waals surface area contributed by atoms with E-state index in [0.29, 0.717) is 13.0 Å². The second-order valence-electron chi connectivity index (χ2n) is 5.06. The van der Waals surface area contributed by atoms with Crippen molar-refractivity contribution in [2.75, 3.05) is 18.0 Å². The number of amides is 1. The summed E-state index contributed by atoms with van der Waals surface area (Å²) in [6.07, 6.45) is 0.813. The molecule has 0 aliphatic carbocycles. The Hall–Kier alpha value is -1.73. The molecule has 1 amide bonds. The van der Waals surface area contributed by atoms with Crippen molar-refractivity contribution in [3.8, 4) is 0 Å². The van der Waals surface area contributed by atoms with Crippen LogP contribution in [-0.4, -0.2) is 33.2 Å². The maximum absolute atomic E-state index is 12.1. The van der Waals surface area contributed by atoms with E-state index < -0.39 is 10.0 Å². The molecule has 1 heterocycles. The molecule has 0 aromatic heterocycles. The quantitative estimate of drug-likeness (QED) is 0.874. The van der Waals surface area contributed by atoms with Gasteiger partial charge >= 0.3 is 0 Å². The van der Waals surface area contributed by atoms with Crippen LogP contribution in [0, 0.1) is 0 Å². The minimum Gasteiger partial charge on any atom is -0.312 e. The van der Waals surface area contributed by atoms with E-state index in [1.54, 1.807) is 17.0 Å². The van der Waals surface area contributed by atoms with E-state index in [1.807, 2.05) is 0 Å². The van der Waals surface area contributed by atoms with Crippen LogP contribution in [0.5, 0.6) is 0 Å². The van der Waals surface area contributed by atoms with E-state index in [0.717, 1.165) is 11.3 Å². The fourth-order valence-electron chi connectivity index (χ4n) is 2.32. The van der Waals surface area contributed by atoms with Gasteiger partial charge in [-0.1, -0.05) is 0 Å². The van der Waals surface area contributed by atoms with Gasteiger partial charge in [0.2, 0.25) is 15.9 Å². The molecule has 2 rings (SSSR count). The van der Waals surface area contributed by atoms with Crippen molar-refractivity contribution in [3.05, 3.63) is 23.8 Å². The molecule has 1 aliphatic rings. The van der Waals surface area contributed by atoms with Crippen LogP contribution in [0.25, 0.3) is 0 Å². The number of carbonyl (C=O) groups excluding carboxylic acids is 2. The number of ketones is 1. The fourth-order valence-corrected chi connectivity index (χ4v) is 3.40. The second kappa shape index (κ2) is 5.95. The first kappa shape index (κ1) is 15.7. The predicted octanol–water partition coefficient (Wildman–Crippen LogP) is 0.853. The Balaban J connectivity index is 2.19. The van der Waals surface area contributed by atoms with Crippen LogP contribution >= 0.6 is 0 Å². The number of Topliss-reactive ketones (excluding diaryl/α,β-unsaturated/α-hetero) is 1. The lowest BCUT2D eigenvalue weighted by Gasteiger charge is -2.15. The van der Waals surface area contributed by atoms with Gasteiger partial charge in [-0.05, 0) is 37.1 Å². The maximum Gasteiger partial charge on any atom is 0.240 e. The van der Waals surface area contributed by atoms with E-state index in [-0.39, 0.29) is 29.6 Å². The number of benzene rings is 1. The van der Waals surface area contributed by atoms with Gasteiger partial charge in [0.15, 0.2) is 0 Å². The normalized spacial score (nSPS) is 14.1. The molecule has 0 unspecified atom stereocenters. The lowest BCUT2D eigenvalue weighted by molar-refractivity contribution is -0.117. The number of anilines is 1. The minimum atomic E-state index is -3.62. The molecule has 1 N–H and O–H groups in total. The highest BCUT2D eigenvalue weighted by Crippen LogP contribution is 2.30. The van der Waals surface area contributed by atoms with Crippen LogP contribution in [0.15, 0.2) is 23.1 Å². The Morgan fingerprint density at radius 1 is 1.29 bits per heavy atom. The number of nitrogens with one attached hydrogen (secondary N) is 1. The molecule has 0 fully saturated rings. The van der Waals surface area contributed by atoms with Crippen molar-refractivity contribution in [2.45, 2.75) is 31.6 Å². The Morgan fingerprint density at radius 3 is 2.62 bits per heavy atom. The Labute approximate surface area is 124 Å². The van der Waals surface area contributed by atoms with Crippen molar-refractivity contribution < 1.29 is 18.0 Å². The molecule has 6 nitrogen and oxygen atoms in total. The third-order valence-corrected chi connectivity index (χ3v) is 4.86. The number of fused-ring (bicyclic) bond motifs is 1. The van der Waals surface area contributed by atoms with E-state index in [4.69, 9.17) is 0 Å². The zero-order chi connectivity index (χ0) is 15.6. The molecular weight excluding hydrogens is 292 g/mol. The number of sulfonamides is 1. The molecule has 0 bridgehead atoms. The standard InChI is InChI=1S/C14H18N2O4S/c1-10(17)5-7-15-21(19,20)13-3-4-14-12(9-13)6-8-16(14)11(2)18/h3-4,9,15H,5-8H2,1-2H3. The first-order chi connectivity index (χ1) is 9.81. The van der Waals surface area contributed by atoms with Crippen LogP contribution in [0.3, 0.4) is 0 Å². The summed E-state index contributed by atoms with van der Waals surface area (Å²) in [6.45, 7) is 3.57. The molecule has 0 radical (unpaired) electrons. The SMILES string of the molecule is CC(=O)CCNS(=O)(=O)c1ccc2c(c1)CCN2C(C)=O. The molecule has 0 atom stereocenters. The second-order valence-corrected chi connectivity index (χ2v) is 6.83. The first-order valence-electron chi connectivity index (χ1n) is 6.71. The van der Waals surface area contributed by atoms with Crippen molar-refractivity contribution in [3.63, 3.8) is 0 Å². The van der Waals surface area contributed by atoms with Crippen molar-refractivity contribution in [1.29, 1.82) is 0 Å². The smallest absolute Gasteiger partial charge is 0.240 e. The highest BCUT2D eigenvalue weighted by molar-refractivity contribution is 7.89. The molecule has 21 heavy (non-hydrogen) atoms. The Bertz CT molecular complexity index is 682. The number of hydrogen-bond donors (Lipinski definition) is 1. The van der Waals surface area contributed by atoms with E-state index in [2.05, 4.69) is 4.72 Å². The first-order valence-corrected chi connectivity index (χ1v) is 8.20. The van der Waals surface area contributed by atoms with Gasteiger partial charge in [0.05, 0.1) is 4.90 Å². The van der Waals surface area contributed by atoms with Gasteiger partial charge in [-0.15, -0.1) is 0 Å². The summed E-state index contributed by atoms with van der Waals surface area (Å²) < 4.78 is 26.7. The zero-order valence-electron chi connectivity index (χ0n) is 12.0. The van der Waals surface area contributed by atoms with Crippen LogP contribution in [0.4, 0.5) is 5.69 Å². The summed E-state index contributed by atoms with van der Waals surface area (Å²) in [5.41, 5.74) is 1.62. The summed E-state index contributed by atoms with van der Waals surface area (Å²) in [4.78, 5) is 24.1. The van der Waals surface area contributed by atoms with Gasteiger partial charge in [0.25, 0.3) is 0 Å². The monoisotopic (exact) mass is 310 g/mol. The largest absolute Gasteiger partial charge is 0.312 e. The summed E-state index contributed by atoms with van der Waals surface area (Å²) in [7, 11) is -3.62. The van der Waals surface area contributed by atoms with Crippen LogP contribution in [0.1, 0.15) is 25.8 Å². The summed E-state index contributed by atoms with van der Waals surface area (Å²) >= 11 is 0. The van der Waals surface area contributed by atoms with Crippen LogP contribution in [0.2, 0.25) is 0 Å². The Morgan fingerprint density at radius 2 is 2.00 bits per heavy atom. The number of carbonyl (C=O) groups is 2. The molecule has 0 spiro atoms. The fraction of sp³-hybridized carbons (Fsp3) is 0.429. The predicted molar refractivity (Wildman–Crippen MR) is 78.7 cm³/mol. The number of hydrogen-bond acceptors (Lipinski definition) is 4. The van der Waals surface area contributed by atoms with Gasteiger partial charge in [0, 0.05) is 32.1 Å². The molecule has 0 saturated heterocycles. The average Bonchev–Trinajstić information content (AvgIpc) is 2.80. The van der Waals surface area contributed by atoms with Gasteiger partial charge in [-0.3, -0.25) is 9.59 Å². The maximum atomic E-state index is 12.1. The number of rotatable bonds is 5. The van der Waals surface area contributed by atoms with Crippen LogP contribution < -0.4 is 9.62 Å². The molecule has 7 heteroatoms. The van der Waals surface area contributed by atoms with Crippen molar-refractivity contribution in [2.24, 2.45) is 0 Å². The lowest BCUT2D eigenvalue weighted by atomic mass is 10.2. The number of nitrogens with zero attached hydrogens (tertiary/aromatic N) is 1. The molecule has 1 aromatic carbocycles. The van der Waals surface area contributed by atoms with Gasteiger partial charge < -0.3 is 4.90 Å². The summed E-state index contributed by atoms with van der Waals surface area (Å²) in [6, 6.07) is 4.73. The van der Waals surface area contributed by atoms with Gasteiger partial charge in [-0.25, -0.2) is 13.1 Å². The van der Waals surface area contributed by atoms with Gasteiger partial charge in [-0.2, -0.15) is 0 Å². The average molecular weight is 310 g/mol. The molecule has 114 valence electrons. The molecule has 1 aliphatic heterocycles. The van der Waals surface area contributed by atoms with E-state index in [9.17, 15) is 18.0 Å². The molecule has 1 aromatic rings. The highest BCUT2D eigenvalue weighted by atomic mass is 32.2. The topological polar surface area (TPSA) is 83.6 Å². The lowest BCUT2D eigenvalue weighted by Crippen LogP contribution is -2.26. The third-order valence-electron chi connectivity index (χ3n) is 3.41. The Kier molecular flexibility index (Phi) is 4.43. The van der Waals surface area contributed by atoms with Crippen LogP contribution in [-0.2, 0) is 26.0 Å². The third kappa shape index (κ3) is 3.48. The van der Waals surface area contributed by atoms with E-state index in [1.165, 1.54) is 19.9 Å². The van der Waals surface area contributed by atoms with E-state index >= 15 is 0 Å². The molecular formula is C14H18N2O4S. The highest BCUT2D eigenvalue weighted by Gasteiger charge is 2.24. The summed E-state index contributed by atoms with van der Waals surface area (Å²) in [5.74, 6) is -0.118. The molecule has 0 saturated carbocycles.